The molecule has 0 N–H and O–H groups in total. The maximum Gasteiger partial charge on any atom is 0.179 e. The van der Waals surface area contributed by atoms with Gasteiger partial charge in [0, 0.05) is 28.2 Å². The Morgan fingerprint density at radius 1 is 0.325 bits per heavy atom. The van der Waals surface area contributed by atoms with Gasteiger partial charge in [-0.1, -0.05) is 262 Å². The average molecular weight is 1040 g/mol. The van der Waals surface area contributed by atoms with E-state index in [0.717, 1.165) is 61.9 Å². The molecule has 10 aromatic carbocycles. The van der Waals surface area contributed by atoms with E-state index in [9.17, 15) is 0 Å². The largest absolute Gasteiger partial charge is 0.309 e. The predicted molar refractivity (Wildman–Crippen MR) is 336 cm³/mol. The predicted octanol–water partition coefficient (Wildman–Crippen LogP) is 18.2. The van der Waals surface area contributed by atoms with Gasteiger partial charge in [0.15, 0.2) is 8.07 Å². The summed E-state index contributed by atoms with van der Waals surface area (Å²) in [5.41, 5.74) is 15.1. The molecule has 0 aliphatic heterocycles. The van der Waals surface area contributed by atoms with Gasteiger partial charge >= 0.3 is 0 Å². The normalized spacial score (nSPS) is 12.1. The van der Waals surface area contributed by atoms with Crippen LogP contribution in [0.4, 0.5) is 34.1 Å². The zero-order valence-corrected chi connectivity index (χ0v) is 48.2. The molecule has 0 aliphatic carbocycles. The number of hydrogen-bond donors (Lipinski definition) is 0. The summed E-state index contributed by atoms with van der Waals surface area (Å²) in [6.07, 6.45) is 0. The Balaban J connectivity index is 1.30. The van der Waals surface area contributed by atoms with Crippen LogP contribution >= 0.6 is 11.6 Å². The topological polar surface area (TPSA) is 6.48 Å². The van der Waals surface area contributed by atoms with E-state index in [4.69, 9.17) is 11.6 Å². The minimum absolute atomic E-state index is 0.0111. The second-order valence-corrected chi connectivity index (χ2v) is 27.9. The second-order valence-electron chi connectivity index (χ2n) is 23.7. The lowest BCUT2D eigenvalue weighted by molar-refractivity contribution is 0.590. The fraction of sp³-hybridized carbons (Fsp3) is 0.178. The maximum absolute atomic E-state index is 8.35. The maximum atomic E-state index is 8.35. The van der Waals surface area contributed by atoms with Crippen LogP contribution < -0.4 is 30.5 Å². The number of rotatable bonds is 12. The van der Waals surface area contributed by atoms with Crippen LogP contribution in [-0.2, 0) is 16.2 Å². The Morgan fingerprint density at radius 2 is 0.623 bits per heavy atom. The molecular weight excluding hydrogens is 968 g/mol. The van der Waals surface area contributed by atoms with Crippen LogP contribution in [0, 0.1) is 6.92 Å². The fourth-order valence-corrected chi connectivity index (χ4v) is 16.0. The summed E-state index contributed by atoms with van der Waals surface area (Å²) in [6, 6.07) is 92.2. The number of hydrogen-bond acceptors (Lipinski definition) is 2. The Hall–Kier alpha value is -7.69. The summed E-state index contributed by atoms with van der Waals surface area (Å²) >= 11 is 8.35. The molecule has 10 aromatic rings. The van der Waals surface area contributed by atoms with E-state index in [1.165, 1.54) is 37.4 Å². The van der Waals surface area contributed by atoms with Crippen LogP contribution in [0.1, 0.15) is 84.6 Å². The molecule has 0 bridgehead atoms. The molecule has 0 unspecified atom stereocenters. The molecule has 0 heterocycles. The first-order chi connectivity index (χ1) is 36.9. The third kappa shape index (κ3) is 10.6. The first-order valence-electron chi connectivity index (χ1n) is 27.1. The van der Waals surface area contributed by atoms with E-state index in [-0.39, 0.29) is 16.2 Å². The monoisotopic (exact) mass is 1040 g/mol. The summed E-state index contributed by atoms with van der Waals surface area (Å²) in [6.45, 7) is 22.7. The van der Waals surface area contributed by atoms with Crippen molar-refractivity contribution >= 4 is 74.5 Å². The molecule has 0 fully saturated rings. The van der Waals surface area contributed by atoms with Gasteiger partial charge in [-0.05, 0) is 138 Å². The van der Waals surface area contributed by atoms with E-state index >= 15 is 0 Å². The van der Waals surface area contributed by atoms with Crippen LogP contribution in [0.15, 0.2) is 249 Å². The molecule has 0 spiro atoms. The van der Waals surface area contributed by atoms with Crippen molar-refractivity contribution in [2.45, 2.75) is 85.5 Å². The molecule has 2 nitrogen and oxygen atoms in total. The molecule has 4 heteroatoms. The van der Waals surface area contributed by atoms with Crippen molar-refractivity contribution in [3.63, 3.8) is 0 Å². The van der Waals surface area contributed by atoms with Crippen LogP contribution in [0.3, 0.4) is 0 Å². The molecule has 0 amide bonds. The Bertz CT molecular complexity index is 3380. The molecule has 0 radical (unpaired) electrons. The minimum atomic E-state index is -2.87. The van der Waals surface area contributed by atoms with Gasteiger partial charge < -0.3 is 9.80 Å². The molecule has 0 aliphatic rings. The quantitative estimate of drug-likeness (QED) is 0.0889. The number of aryl methyl sites for hydroxylation is 1. The van der Waals surface area contributed by atoms with E-state index in [0.29, 0.717) is 5.02 Å². The van der Waals surface area contributed by atoms with Crippen LogP contribution in [-0.4, -0.2) is 8.07 Å². The highest BCUT2D eigenvalue weighted by Crippen LogP contribution is 2.53. The van der Waals surface area contributed by atoms with Crippen LogP contribution in [0.25, 0.3) is 22.3 Å². The van der Waals surface area contributed by atoms with Crippen LogP contribution in [0.5, 0.6) is 0 Å². The van der Waals surface area contributed by atoms with Gasteiger partial charge in [-0.15, -0.1) is 0 Å². The van der Waals surface area contributed by atoms with E-state index in [1.54, 1.807) is 0 Å². The highest BCUT2D eigenvalue weighted by atomic mass is 35.5. The number of halogens is 1. The molecule has 0 atom stereocenters. The third-order valence-electron chi connectivity index (χ3n) is 15.2. The highest BCUT2D eigenvalue weighted by molar-refractivity contribution is 7.19. The zero-order valence-electron chi connectivity index (χ0n) is 46.4. The molecule has 10 rings (SSSR count). The highest BCUT2D eigenvalue weighted by Gasteiger charge is 2.41. The fourth-order valence-electron chi connectivity index (χ4n) is 11.0. The first-order valence-corrected chi connectivity index (χ1v) is 29.5. The first kappa shape index (κ1) is 52.7. The van der Waals surface area contributed by atoms with Crippen molar-refractivity contribution in [1.29, 1.82) is 0 Å². The van der Waals surface area contributed by atoms with Gasteiger partial charge in [0.25, 0.3) is 0 Å². The zero-order chi connectivity index (χ0) is 54.1. The molecule has 0 saturated heterocycles. The lowest BCUT2D eigenvalue weighted by Gasteiger charge is -2.36. The summed E-state index contributed by atoms with van der Waals surface area (Å²) in [4.78, 5) is 4.80. The van der Waals surface area contributed by atoms with E-state index in [2.05, 4.69) is 328 Å². The van der Waals surface area contributed by atoms with Crippen molar-refractivity contribution in [1.82, 2.24) is 0 Å². The molecular formula is C73H71ClN2Si. The van der Waals surface area contributed by atoms with Gasteiger partial charge in [-0.2, -0.15) is 0 Å². The smallest absolute Gasteiger partial charge is 0.179 e. The number of nitrogens with zero attached hydrogens (tertiary/aromatic N) is 2. The SMILES string of the molecule is Cc1cc(N(c2ccc(C(C)(C)C)cc2)c2ccc(C(C)(C)C)cc2)c(Cl)c(N(c2ccc([Si](c3ccccc3)(c3ccccc3)c3ccccc3)cc2)c2c(-c3ccccc3)cc(C(C)(C)C)cc2-c2ccccc2)c1. The van der Waals surface area contributed by atoms with Crippen LogP contribution in [0.2, 0.25) is 5.02 Å². The number of anilines is 6. The van der Waals surface area contributed by atoms with E-state index < -0.39 is 8.07 Å². The van der Waals surface area contributed by atoms with E-state index in [1.807, 2.05) is 0 Å². The van der Waals surface area contributed by atoms with Gasteiger partial charge in [-0.3, -0.25) is 0 Å². The van der Waals surface area contributed by atoms with Gasteiger partial charge in [-0.25, -0.2) is 0 Å². The van der Waals surface area contributed by atoms with Gasteiger partial charge in [0.1, 0.15) is 0 Å². The van der Waals surface area contributed by atoms with Crippen molar-refractivity contribution in [2.24, 2.45) is 0 Å². The van der Waals surface area contributed by atoms with Crippen molar-refractivity contribution in [3.8, 4) is 22.3 Å². The van der Waals surface area contributed by atoms with Crippen molar-refractivity contribution < 1.29 is 0 Å². The molecule has 0 saturated carbocycles. The van der Waals surface area contributed by atoms with Gasteiger partial charge in [0.2, 0.25) is 0 Å². The summed E-state index contributed by atoms with van der Waals surface area (Å²) in [7, 11) is -2.87. The molecule has 0 aromatic heterocycles. The lowest BCUT2D eigenvalue weighted by Crippen LogP contribution is -2.74. The van der Waals surface area contributed by atoms with Crippen molar-refractivity contribution in [2.75, 3.05) is 9.80 Å². The summed E-state index contributed by atoms with van der Waals surface area (Å²) in [5.74, 6) is 0. The average Bonchev–Trinajstić information content (AvgIpc) is 3.45. The summed E-state index contributed by atoms with van der Waals surface area (Å²) < 4.78 is 0. The Morgan fingerprint density at radius 3 is 0.974 bits per heavy atom. The van der Waals surface area contributed by atoms with Crippen molar-refractivity contribution in [3.05, 3.63) is 276 Å². The lowest BCUT2D eigenvalue weighted by atomic mass is 9.82. The second kappa shape index (κ2) is 21.4. The molecule has 384 valence electrons. The Kier molecular flexibility index (Phi) is 14.6. The van der Waals surface area contributed by atoms with Gasteiger partial charge in [0.05, 0.1) is 22.1 Å². The number of benzene rings is 10. The molecule has 77 heavy (non-hydrogen) atoms. The Labute approximate surface area is 465 Å². The minimum Gasteiger partial charge on any atom is -0.309 e. The summed E-state index contributed by atoms with van der Waals surface area (Å²) in [5, 5.41) is 5.91. The third-order valence-corrected chi connectivity index (χ3v) is 20.4. The standard InChI is InChI=1S/C73H71ClN2Si/c1-52-48-67(75(58-40-36-55(37-41-58)71(2,3)4)59-42-38-56(39-43-59)72(5,6)7)69(74)68(49-52)76(70-65(53-26-16-11-17-27-53)50-57(73(8,9)10)51-66(70)54-28-18-12-19-29-54)60-44-46-64(47-45-60)77(61-30-20-13-21-31-61,62-32-22-14-23-33-62)63-34-24-15-25-35-63/h11-51H,1-10H3.